The number of nitrogens with one attached hydrogen (secondary N) is 3. The number of imide groups is 1. The van der Waals surface area contributed by atoms with Crippen LogP contribution < -0.4 is 16.0 Å². The quantitative estimate of drug-likeness (QED) is 0.0530. The Kier molecular flexibility index (Phi) is 20.0. The molecule has 1 heterocycles. The highest BCUT2D eigenvalue weighted by Crippen LogP contribution is 2.39. The predicted octanol–water partition coefficient (Wildman–Crippen LogP) is -5.17. The molecule has 21 heteroatoms. The van der Waals surface area contributed by atoms with Crippen molar-refractivity contribution < 1.29 is 79.5 Å². The van der Waals surface area contributed by atoms with Gasteiger partial charge in [-0.1, -0.05) is 60.7 Å². The van der Waals surface area contributed by atoms with Crippen molar-refractivity contribution in [3.05, 3.63) is 71.8 Å². The third-order valence-corrected chi connectivity index (χ3v) is 7.80. The molecule has 1 aliphatic heterocycles. The van der Waals surface area contributed by atoms with Crippen molar-refractivity contribution >= 4 is 19.8 Å². The van der Waals surface area contributed by atoms with E-state index >= 15 is 0 Å². The summed E-state index contributed by atoms with van der Waals surface area (Å²) < 4.78 is 15.2. The molecule has 0 spiro atoms. The van der Waals surface area contributed by atoms with E-state index < -0.39 is 94.1 Å². The third-order valence-electron chi connectivity index (χ3n) is 7.35. The van der Waals surface area contributed by atoms with Gasteiger partial charge in [-0.3, -0.25) is 9.32 Å². The summed E-state index contributed by atoms with van der Waals surface area (Å²) in [4.78, 5) is 43.7. The average Bonchev–Trinajstić information content (AvgIpc) is 3.38. The molecule has 0 aliphatic carbocycles. The summed E-state index contributed by atoms with van der Waals surface area (Å²) in [5.74, 6) is -0.677. The molecule has 0 saturated carbocycles. The maximum absolute atomic E-state index is 13.1. The molecule has 0 radical (unpaired) electrons. The van der Waals surface area contributed by atoms with Gasteiger partial charge >= 0.3 is 13.9 Å². The van der Waals surface area contributed by atoms with Crippen molar-refractivity contribution in [2.75, 3.05) is 47.1 Å². The molecular weight excluding hydrogens is 703 g/mol. The molecule has 2 aromatic rings. The van der Waals surface area contributed by atoms with Gasteiger partial charge in [0, 0.05) is 13.1 Å². The number of likely N-dealkylation sites (N-methyl/N-ethyl adjacent to an activating group) is 2. The van der Waals surface area contributed by atoms with E-state index in [2.05, 4.69) is 20.5 Å². The molecular formula is C30H49N4O16P. The fourth-order valence-corrected chi connectivity index (χ4v) is 4.81. The number of phosphoric acid groups is 1. The molecule has 3 rings (SSSR count). The highest BCUT2D eigenvalue weighted by atomic mass is 31.2. The van der Waals surface area contributed by atoms with Crippen molar-refractivity contribution in [3.63, 3.8) is 0 Å². The van der Waals surface area contributed by atoms with Gasteiger partial charge in [-0.15, -0.1) is 0 Å². The Morgan fingerprint density at radius 1 is 0.686 bits per heavy atom. The number of urea groups is 1. The van der Waals surface area contributed by atoms with Gasteiger partial charge in [0.2, 0.25) is 0 Å². The summed E-state index contributed by atoms with van der Waals surface area (Å²) in [6.45, 7) is -1.99. The minimum Gasteiger partial charge on any atom is -0.394 e. The standard InChI is InChI=1S/C16H15N2O6P.2C7H17NO5/c19-14-16(12-7-3-1-4-8-12,13-9-5-2-6-10-13)17-15(20)18(14)11-24-25(21,22)23;2*1-8-2-4(10)6(12)7(13)5(11)3-9/h1-10H,11H2,(H,17,20)(H2,21,22,23);2*4-13H,2-3H2,1H3/t;2*4-,5+,6+,7+/m.11/s1. The second kappa shape index (κ2) is 22.2. The number of nitrogens with zero attached hydrogens (tertiary/aromatic N) is 1. The van der Waals surface area contributed by atoms with E-state index in [0.29, 0.717) is 16.0 Å². The SMILES string of the molecule is CNC[C@@H](O)[C@H](O)[C@@H](O)[C@@H](O)CO.CNC[C@@H](O)[C@H](O)[C@@H](O)[C@@H](O)CO.O=C1NC(c2ccccc2)(c2ccccc2)C(=O)N1COP(=O)(O)O. The number of aliphatic hydroxyl groups excluding tert-OH is 10. The Labute approximate surface area is 293 Å². The van der Waals surface area contributed by atoms with Crippen LogP contribution in [0.15, 0.2) is 60.7 Å². The van der Waals surface area contributed by atoms with Gasteiger partial charge in [-0.05, 0) is 25.2 Å². The number of phosphoric ester groups is 1. The molecule has 1 fully saturated rings. The van der Waals surface area contributed by atoms with Crippen molar-refractivity contribution in [3.8, 4) is 0 Å². The molecule has 8 atom stereocenters. The predicted molar refractivity (Wildman–Crippen MR) is 177 cm³/mol. The maximum Gasteiger partial charge on any atom is 0.471 e. The van der Waals surface area contributed by atoms with Gasteiger partial charge < -0.3 is 76.8 Å². The summed E-state index contributed by atoms with van der Waals surface area (Å²) in [6.07, 6.45) is -11.3. The van der Waals surface area contributed by atoms with E-state index in [9.17, 15) is 24.4 Å². The van der Waals surface area contributed by atoms with Crippen LogP contribution in [0.2, 0.25) is 0 Å². The molecule has 0 aromatic heterocycles. The monoisotopic (exact) mass is 752 g/mol. The lowest BCUT2D eigenvalue weighted by Crippen LogP contribution is -2.48. The Morgan fingerprint density at radius 2 is 1.04 bits per heavy atom. The lowest BCUT2D eigenvalue weighted by atomic mass is 9.83. The van der Waals surface area contributed by atoms with Crippen LogP contribution in [0.25, 0.3) is 0 Å². The first-order chi connectivity index (χ1) is 23.9. The number of hydrogen-bond acceptors (Lipinski definition) is 16. The zero-order chi connectivity index (χ0) is 38.9. The number of carbonyl (C=O) groups excluding carboxylic acids is 2. The summed E-state index contributed by atoms with van der Waals surface area (Å²) >= 11 is 0. The Bertz CT molecular complexity index is 1270. The minimum absolute atomic E-state index is 0.0936. The van der Waals surface area contributed by atoms with E-state index in [4.69, 9.17) is 50.6 Å². The number of amides is 3. The lowest BCUT2D eigenvalue weighted by Gasteiger charge is -2.27. The average molecular weight is 753 g/mol. The highest BCUT2D eigenvalue weighted by molar-refractivity contribution is 7.46. The van der Waals surface area contributed by atoms with E-state index in [1.165, 1.54) is 0 Å². The van der Waals surface area contributed by atoms with Gasteiger partial charge in [-0.2, -0.15) is 0 Å². The molecule has 2 aromatic carbocycles. The Hall–Kier alpha value is -2.99. The van der Waals surface area contributed by atoms with Gasteiger partial charge in [0.05, 0.1) is 25.4 Å². The van der Waals surface area contributed by atoms with Crippen LogP contribution in [-0.2, 0) is 19.4 Å². The van der Waals surface area contributed by atoms with Crippen LogP contribution in [0.4, 0.5) is 4.79 Å². The van der Waals surface area contributed by atoms with Crippen LogP contribution in [0.5, 0.6) is 0 Å². The fourth-order valence-electron chi connectivity index (χ4n) is 4.55. The number of carbonyl (C=O) groups is 2. The Morgan fingerprint density at radius 3 is 1.35 bits per heavy atom. The van der Waals surface area contributed by atoms with Crippen molar-refractivity contribution in [1.29, 1.82) is 0 Å². The smallest absolute Gasteiger partial charge is 0.394 e. The second-order valence-electron chi connectivity index (χ2n) is 11.1. The summed E-state index contributed by atoms with van der Waals surface area (Å²) in [5.41, 5.74) is -0.436. The molecule has 290 valence electrons. The van der Waals surface area contributed by atoms with E-state index in [1.54, 1.807) is 74.8 Å². The summed E-state index contributed by atoms with van der Waals surface area (Å²) in [7, 11) is -1.68. The summed E-state index contributed by atoms with van der Waals surface area (Å²) in [5, 5.41) is 97.6. The molecule has 3 amide bonds. The van der Waals surface area contributed by atoms with Crippen molar-refractivity contribution in [1.82, 2.24) is 20.9 Å². The first-order valence-corrected chi connectivity index (χ1v) is 16.9. The van der Waals surface area contributed by atoms with Crippen molar-refractivity contribution in [2.45, 2.75) is 54.4 Å². The largest absolute Gasteiger partial charge is 0.471 e. The second-order valence-corrected chi connectivity index (χ2v) is 12.3. The fraction of sp³-hybridized carbons (Fsp3) is 0.533. The Balaban J connectivity index is 0.000000426. The first kappa shape index (κ1) is 46.0. The van der Waals surface area contributed by atoms with Crippen molar-refractivity contribution in [2.24, 2.45) is 0 Å². The van der Waals surface area contributed by atoms with Crippen LogP contribution >= 0.6 is 7.82 Å². The number of aliphatic hydroxyl groups is 10. The van der Waals surface area contributed by atoms with E-state index in [0.717, 1.165) is 0 Å². The number of benzene rings is 2. The molecule has 15 N–H and O–H groups in total. The van der Waals surface area contributed by atoms with Crippen LogP contribution in [0.3, 0.4) is 0 Å². The minimum atomic E-state index is -4.83. The van der Waals surface area contributed by atoms with E-state index in [-0.39, 0.29) is 13.1 Å². The van der Waals surface area contributed by atoms with Gasteiger partial charge in [0.25, 0.3) is 5.91 Å². The number of rotatable bonds is 17. The molecule has 1 aliphatic rings. The van der Waals surface area contributed by atoms with Gasteiger partial charge in [0.1, 0.15) is 43.4 Å². The highest BCUT2D eigenvalue weighted by Gasteiger charge is 2.54. The van der Waals surface area contributed by atoms with Crippen LogP contribution in [0.1, 0.15) is 11.1 Å². The normalized spacial score (nSPS) is 18.8. The van der Waals surface area contributed by atoms with Gasteiger partial charge in [-0.25, -0.2) is 14.3 Å². The lowest BCUT2D eigenvalue weighted by molar-refractivity contribution is -0.132. The zero-order valence-electron chi connectivity index (χ0n) is 27.8. The van der Waals surface area contributed by atoms with E-state index in [1.807, 2.05) is 0 Å². The topological polar surface area (TPSA) is 343 Å². The third kappa shape index (κ3) is 13.5. The molecule has 0 bridgehead atoms. The molecule has 1 saturated heterocycles. The summed E-state index contributed by atoms with van der Waals surface area (Å²) in [6, 6.07) is 16.4. The maximum atomic E-state index is 13.1. The zero-order valence-corrected chi connectivity index (χ0v) is 28.7. The van der Waals surface area contributed by atoms with Crippen LogP contribution in [0, 0.1) is 0 Å². The molecule has 20 nitrogen and oxygen atoms in total. The molecule has 0 unspecified atom stereocenters. The van der Waals surface area contributed by atoms with Gasteiger partial charge in [0.15, 0.2) is 5.54 Å². The first-order valence-electron chi connectivity index (χ1n) is 15.3. The molecule has 51 heavy (non-hydrogen) atoms. The number of hydrogen-bond donors (Lipinski definition) is 15. The van der Waals surface area contributed by atoms with Crippen LogP contribution in [-0.4, -0.2) is 174 Å².